The number of hydrogen-bond donors (Lipinski definition) is 0. The second-order valence-electron chi connectivity index (χ2n) is 10.1. The molecular weight excluding hydrogens is 364 g/mol. The van der Waals surface area contributed by atoms with Crippen LogP contribution in [0.15, 0.2) is 18.2 Å². The van der Waals surface area contributed by atoms with Crippen molar-refractivity contribution >= 4 is 11.8 Å². The molecule has 4 aliphatic rings. The molecule has 0 unspecified atom stereocenters. The SMILES string of the molecule is CC1(C)CCc2cc(CC(=O)N3C[C@H]4C[C@@H](C3)[C@@H]3CCCC(=O)N3C4)ccc2O1. The average Bonchev–Trinajstić information content (AvgIpc) is 2.68. The minimum atomic E-state index is -0.107. The molecule has 3 atom stereocenters. The molecule has 5 heteroatoms. The minimum Gasteiger partial charge on any atom is -0.488 e. The second kappa shape index (κ2) is 7.03. The monoisotopic (exact) mass is 396 g/mol. The highest BCUT2D eigenvalue weighted by atomic mass is 16.5. The van der Waals surface area contributed by atoms with Gasteiger partial charge >= 0.3 is 0 Å². The number of fused-ring (bicyclic) bond motifs is 5. The van der Waals surface area contributed by atoms with Gasteiger partial charge in [0.25, 0.3) is 0 Å². The summed E-state index contributed by atoms with van der Waals surface area (Å²) in [6, 6.07) is 6.60. The van der Waals surface area contributed by atoms with E-state index >= 15 is 0 Å². The molecule has 0 N–H and O–H groups in total. The van der Waals surface area contributed by atoms with Gasteiger partial charge in [-0.1, -0.05) is 12.1 Å². The first-order valence-electron chi connectivity index (χ1n) is 11.3. The van der Waals surface area contributed by atoms with Gasteiger partial charge in [0.2, 0.25) is 11.8 Å². The lowest BCUT2D eigenvalue weighted by Gasteiger charge is -2.52. The summed E-state index contributed by atoms with van der Waals surface area (Å²) in [5.74, 6) is 2.42. The molecule has 4 heterocycles. The molecule has 3 fully saturated rings. The maximum atomic E-state index is 13.1. The van der Waals surface area contributed by atoms with Gasteiger partial charge in [0.1, 0.15) is 11.4 Å². The van der Waals surface area contributed by atoms with Crippen molar-refractivity contribution in [2.24, 2.45) is 11.8 Å². The second-order valence-corrected chi connectivity index (χ2v) is 10.1. The van der Waals surface area contributed by atoms with E-state index in [0.29, 0.717) is 36.6 Å². The van der Waals surface area contributed by atoms with E-state index < -0.39 is 0 Å². The lowest BCUT2D eigenvalue weighted by atomic mass is 9.76. The molecular formula is C24H32N2O3. The van der Waals surface area contributed by atoms with Crippen LogP contribution in [0.4, 0.5) is 0 Å². The van der Waals surface area contributed by atoms with Crippen molar-refractivity contribution in [3.63, 3.8) is 0 Å². The van der Waals surface area contributed by atoms with Gasteiger partial charge in [-0.3, -0.25) is 9.59 Å². The lowest BCUT2D eigenvalue weighted by molar-refractivity contribution is -0.148. The van der Waals surface area contributed by atoms with Crippen molar-refractivity contribution in [2.45, 2.75) is 70.4 Å². The summed E-state index contributed by atoms with van der Waals surface area (Å²) in [5.41, 5.74) is 2.20. The third-order valence-electron chi connectivity index (χ3n) is 7.40. The van der Waals surface area contributed by atoms with Crippen LogP contribution in [0.25, 0.3) is 0 Å². The Bertz CT molecular complexity index is 833. The zero-order chi connectivity index (χ0) is 20.2. The normalized spacial score (nSPS) is 30.3. The van der Waals surface area contributed by atoms with Crippen LogP contribution in [0.1, 0.15) is 57.1 Å². The molecule has 0 aromatic heterocycles. The van der Waals surface area contributed by atoms with Crippen LogP contribution < -0.4 is 4.74 Å². The van der Waals surface area contributed by atoms with Gasteiger partial charge in [-0.2, -0.15) is 0 Å². The van der Waals surface area contributed by atoms with Gasteiger partial charge < -0.3 is 14.5 Å². The summed E-state index contributed by atoms with van der Waals surface area (Å²) in [6.45, 7) is 6.71. The average molecular weight is 397 g/mol. The van der Waals surface area contributed by atoms with Crippen LogP contribution in [0.5, 0.6) is 5.75 Å². The lowest BCUT2D eigenvalue weighted by Crippen LogP contribution is -2.61. The molecule has 5 rings (SSSR count). The van der Waals surface area contributed by atoms with Crippen molar-refractivity contribution in [1.29, 1.82) is 0 Å². The smallest absolute Gasteiger partial charge is 0.227 e. The Morgan fingerprint density at radius 1 is 1.21 bits per heavy atom. The van der Waals surface area contributed by atoms with Crippen LogP contribution in [0, 0.1) is 11.8 Å². The molecule has 156 valence electrons. The van der Waals surface area contributed by atoms with E-state index in [0.717, 1.165) is 56.6 Å². The van der Waals surface area contributed by atoms with E-state index in [1.807, 2.05) is 12.1 Å². The number of nitrogens with zero attached hydrogens (tertiary/aromatic N) is 2. The first-order valence-corrected chi connectivity index (χ1v) is 11.3. The maximum Gasteiger partial charge on any atom is 0.227 e. The Morgan fingerprint density at radius 2 is 2.07 bits per heavy atom. The number of carbonyl (C=O) groups excluding carboxylic acids is 2. The first-order chi connectivity index (χ1) is 13.9. The van der Waals surface area contributed by atoms with Gasteiger partial charge in [-0.15, -0.1) is 0 Å². The zero-order valence-corrected chi connectivity index (χ0v) is 17.7. The molecule has 1 aromatic rings. The number of rotatable bonds is 2. The molecule has 0 radical (unpaired) electrons. The molecule has 0 saturated carbocycles. The van der Waals surface area contributed by atoms with Gasteiger partial charge in [-0.05, 0) is 75.0 Å². The van der Waals surface area contributed by atoms with Crippen LogP contribution in [-0.2, 0) is 22.4 Å². The third-order valence-corrected chi connectivity index (χ3v) is 7.40. The highest BCUT2D eigenvalue weighted by Crippen LogP contribution is 2.38. The molecule has 1 aromatic carbocycles. The number of amides is 2. The molecule has 3 saturated heterocycles. The maximum absolute atomic E-state index is 13.1. The highest BCUT2D eigenvalue weighted by Gasteiger charge is 2.44. The number of piperidine rings is 3. The van der Waals surface area contributed by atoms with E-state index in [2.05, 4.69) is 29.7 Å². The molecule has 2 amide bonds. The van der Waals surface area contributed by atoms with Crippen LogP contribution in [-0.4, -0.2) is 52.9 Å². The summed E-state index contributed by atoms with van der Waals surface area (Å²) in [4.78, 5) is 29.6. The fourth-order valence-electron chi connectivity index (χ4n) is 5.92. The number of ether oxygens (including phenoxy) is 1. The number of carbonyl (C=O) groups is 2. The van der Waals surface area contributed by atoms with E-state index in [1.54, 1.807) is 0 Å². The molecule has 4 aliphatic heterocycles. The number of aryl methyl sites for hydroxylation is 1. The Kier molecular flexibility index (Phi) is 4.60. The largest absolute Gasteiger partial charge is 0.488 e. The van der Waals surface area contributed by atoms with Crippen LogP contribution >= 0.6 is 0 Å². The van der Waals surface area contributed by atoms with E-state index in [4.69, 9.17) is 4.74 Å². The number of hydrogen-bond acceptors (Lipinski definition) is 3. The summed E-state index contributed by atoms with van der Waals surface area (Å²) in [6.07, 6.45) is 6.45. The minimum absolute atomic E-state index is 0.107. The van der Waals surface area contributed by atoms with Gasteiger partial charge in [-0.25, -0.2) is 0 Å². The number of benzene rings is 1. The third kappa shape index (κ3) is 3.64. The van der Waals surface area contributed by atoms with Gasteiger partial charge in [0.15, 0.2) is 0 Å². The molecule has 5 nitrogen and oxygen atoms in total. The number of likely N-dealkylation sites (tertiary alicyclic amines) is 1. The Hall–Kier alpha value is -2.04. The van der Waals surface area contributed by atoms with Crippen molar-refractivity contribution in [2.75, 3.05) is 19.6 Å². The molecule has 2 bridgehead atoms. The van der Waals surface area contributed by atoms with E-state index in [-0.39, 0.29) is 11.5 Å². The fourth-order valence-corrected chi connectivity index (χ4v) is 5.92. The highest BCUT2D eigenvalue weighted by molar-refractivity contribution is 5.80. The summed E-state index contributed by atoms with van der Waals surface area (Å²) < 4.78 is 6.08. The van der Waals surface area contributed by atoms with E-state index in [9.17, 15) is 9.59 Å². The van der Waals surface area contributed by atoms with E-state index in [1.165, 1.54) is 12.0 Å². The van der Waals surface area contributed by atoms with Crippen molar-refractivity contribution in [3.05, 3.63) is 29.3 Å². The Labute approximate surface area is 173 Å². The molecule has 0 spiro atoms. The van der Waals surface area contributed by atoms with Crippen molar-refractivity contribution in [3.8, 4) is 5.75 Å². The summed E-state index contributed by atoms with van der Waals surface area (Å²) >= 11 is 0. The first kappa shape index (κ1) is 19.0. The topological polar surface area (TPSA) is 49.9 Å². The van der Waals surface area contributed by atoms with Gasteiger partial charge in [0.05, 0.1) is 6.42 Å². The summed E-state index contributed by atoms with van der Waals surface area (Å²) in [5, 5.41) is 0. The fraction of sp³-hybridized carbons (Fsp3) is 0.667. The zero-order valence-electron chi connectivity index (χ0n) is 17.7. The van der Waals surface area contributed by atoms with Gasteiger partial charge in [0, 0.05) is 32.1 Å². The molecule has 29 heavy (non-hydrogen) atoms. The van der Waals surface area contributed by atoms with Crippen LogP contribution in [0.3, 0.4) is 0 Å². The Morgan fingerprint density at radius 3 is 2.93 bits per heavy atom. The predicted octanol–water partition coefficient (Wildman–Crippen LogP) is 3.19. The molecule has 0 aliphatic carbocycles. The standard InChI is InChI=1S/C24H32N2O3/c1-24(2)9-8-18-10-16(6-7-21(18)29-24)12-23(28)25-13-17-11-19(15-25)20-4-3-5-22(27)26(20)14-17/h6-7,10,17,19-20H,3-5,8-9,11-15H2,1-2H3/t17-,19+,20+/m1/s1. The predicted molar refractivity (Wildman–Crippen MR) is 111 cm³/mol. The summed E-state index contributed by atoms with van der Waals surface area (Å²) in [7, 11) is 0. The Balaban J connectivity index is 1.26. The van der Waals surface area contributed by atoms with Crippen LogP contribution in [0.2, 0.25) is 0 Å². The quantitative estimate of drug-likeness (QED) is 0.771. The van der Waals surface area contributed by atoms with Crippen molar-refractivity contribution in [1.82, 2.24) is 9.80 Å². The van der Waals surface area contributed by atoms with Crippen molar-refractivity contribution < 1.29 is 14.3 Å².